The van der Waals surface area contributed by atoms with E-state index < -0.39 is 5.97 Å². The molecule has 0 atom stereocenters. The van der Waals surface area contributed by atoms with Crippen molar-refractivity contribution in [3.05, 3.63) is 95.6 Å². The van der Waals surface area contributed by atoms with E-state index in [0.29, 0.717) is 13.0 Å². The number of ether oxygens (including phenoxy) is 1. The summed E-state index contributed by atoms with van der Waals surface area (Å²) >= 11 is 1.97. The molecule has 0 aliphatic carbocycles. The Hall–Kier alpha value is -2.92. The van der Waals surface area contributed by atoms with Gasteiger partial charge in [-0.25, -0.2) is 0 Å². The highest BCUT2D eigenvalue weighted by Gasteiger charge is 2.30. The zero-order valence-electron chi connectivity index (χ0n) is 19.1. The number of aryl methyl sites for hydroxylation is 1. The number of hydrogen-bond acceptors (Lipinski definition) is 4. The summed E-state index contributed by atoms with van der Waals surface area (Å²) in [6.07, 6.45) is 1.57. The van der Waals surface area contributed by atoms with Crippen molar-refractivity contribution < 1.29 is 14.6 Å². The van der Waals surface area contributed by atoms with Crippen molar-refractivity contribution in [3.8, 4) is 5.75 Å². The van der Waals surface area contributed by atoms with Crippen molar-refractivity contribution >= 4 is 23.4 Å². The van der Waals surface area contributed by atoms with E-state index >= 15 is 0 Å². The van der Waals surface area contributed by atoms with Crippen molar-refractivity contribution in [3.63, 3.8) is 0 Å². The number of carbonyl (C=O) groups is 1. The third-order valence-corrected chi connectivity index (χ3v) is 7.69. The Morgan fingerprint density at radius 1 is 1.00 bits per heavy atom. The Morgan fingerprint density at radius 2 is 1.67 bits per heavy atom. The predicted molar refractivity (Wildman–Crippen MR) is 137 cm³/mol. The second-order valence-corrected chi connectivity index (χ2v) is 9.97. The number of anilines is 1. The van der Waals surface area contributed by atoms with Gasteiger partial charge in [0.05, 0.1) is 17.0 Å². The lowest BCUT2D eigenvalue weighted by Gasteiger charge is -2.35. The smallest absolute Gasteiger partial charge is 0.303 e. The minimum Gasteiger partial charge on any atom is -0.490 e. The van der Waals surface area contributed by atoms with E-state index in [4.69, 9.17) is 9.84 Å². The number of para-hydroxylation sites is 1. The third kappa shape index (κ3) is 5.53. The van der Waals surface area contributed by atoms with E-state index in [1.54, 1.807) is 0 Å². The summed E-state index contributed by atoms with van der Waals surface area (Å²) in [6, 6.07) is 27.6. The summed E-state index contributed by atoms with van der Waals surface area (Å²) in [5.74, 6) is 1.13. The first-order valence-electron chi connectivity index (χ1n) is 11.5. The van der Waals surface area contributed by atoms with E-state index in [9.17, 15) is 4.79 Å². The summed E-state index contributed by atoms with van der Waals surface area (Å²) in [6.45, 7) is 4.74. The molecule has 1 aliphatic rings. The van der Waals surface area contributed by atoms with Gasteiger partial charge in [-0.3, -0.25) is 4.79 Å². The van der Waals surface area contributed by atoms with Gasteiger partial charge in [0.25, 0.3) is 0 Å². The molecule has 3 aromatic carbocycles. The molecule has 0 spiro atoms. The van der Waals surface area contributed by atoms with Crippen molar-refractivity contribution in [1.29, 1.82) is 0 Å². The van der Waals surface area contributed by atoms with Crippen molar-refractivity contribution in [2.75, 3.05) is 30.3 Å². The average molecular weight is 462 g/mol. The Balaban J connectivity index is 1.51. The fourth-order valence-corrected chi connectivity index (χ4v) is 5.81. The number of aliphatic carboxylic acids is 1. The van der Waals surface area contributed by atoms with Crippen molar-refractivity contribution in [2.45, 2.75) is 30.9 Å². The van der Waals surface area contributed by atoms with E-state index in [-0.39, 0.29) is 11.2 Å². The number of hydrogen-bond donors (Lipinski definition) is 1. The fourth-order valence-electron chi connectivity index (χ4n) is 4.48. The van der Waals surface area contributed by atoms with Gasteiger partial charge in [-0.1, -0.05) is 72.8 Å². The number of fused-ring (bicyclic) bond motifs is 1. The molecule has 1 N–H and O–H groups in total. The normalized spacial score (nSPS) is 13.3. The molecule has 1 heterocycles. The second-order valence-electron chi connectivity index (χ2n) is 8.46. The van der Waals surface area contributed by atoms with Crippen LogP contribution in [0.5, 0.6) is 5.75 Å². The molecular formula is C28H31NO3S. The highest BCUT2D eigenvalue weighted by molar-refractivity contribution is 8.00. The van der Waals surface area contributed by atoms with E-state index in [1.807, 2.05) is 23.9 Å². The van der Waals surface area contributed by atoms with E-state index in [1.165, 1.54) is 16.7 Å². The molecule has 172 valence electrons. The van der Waals surface area contributed by atoms with Gasteiger partial charge >= 0.3 is 5.97 Å². The summed E-state index contributed by atoms with van der Waals surface area (Å²) in [5, 5.41) is 9.02. The fraction of sp³-hybridized carbons (Fsp3) is 0.321. The molecule has 0 bridgehead atoms. The van der Waals surface area contributed by atoms with Gasteiger partial charge in [0.1, 0.15) is 12.4 Å². The largest absolute Gasteiger partial charge is 0.490 e. The van der Waals surface area contributed by atoms with Crippen LogP contribution in [0, 0.1) is 0 Å². The van der Waals surface area contributed by atoms with Crippen molar-refractivity contribution in [2.24, 2.45) is 0 Å². The van der Waals surface area contributed by atoms with Crippen LogP contribution < -0.4 is 9.64 Å². The molecule has 4 rings (SSSR count). The van der Waals surface area contributed by atoms with E-state index in [2.05, 4.69) is 78.6 Å². The minimum atomic E-state index is -0.745. The van der Waals surface area contributed by atoms with Gasteiger partial charge < -0.3 is 14.7 Å². The van der Waals surface area contributed by atoms with Gasteiger partial charge in [-0.2, -0.15) is 0 Å². The van der Waals surface area contributed by atoms with Gasteiger partial charge in [0.15, 0.2) is 0 Å². The molecule has 0 fully saturated rings. The lowest BCUT2D eigenvalue weighted by Crippen LogP contribution is -2.36. The lowest BCUT2D eigenvalue weighted by molar-refractivity contribution is -0.137. The van der Waals surface area contributed by atoms with Crippen LogP contribution in [0.15, 0.2) is 78.9 Å². The minimum absolute atomic E-state index is 0.140. The van der Waals surface area contributed by atoms with Crippen LogP contribution in [-0.4, -0.2) is 36.5 Å². The summed E-state index contributed by atoms with van der Waals surface area (Å²) in [5.41, 5.74) is 4.92. The number of carboxylic acids is 1. The number of nitrogens with zero attached hydrogens (tertiary/aromatic N) is 1. The molecule has 0 radical (unpaired) electrons. The maximum atomic E-state index is 11.0. The van der Waals surface area contributed by atoms with Gasteiger partial charge in [-0.05, 0) is 42.5 Å². The third-order valence-electron chi connectivity index (χ3n) is 6.26. The quantitative estimate of drug-likeness (QED) is 0.402. The zero-order valence-corrected chi connectivity index (χ0v) is 19.9. The molecule has 0 saturated carbocycles. The first-order chi connectivity index (χ1) is 16.1. The highest BCUT2D eigenvalue weighted by atomic mass is 32.2. The maximum Gasteiger partial charge on any atom is 0.303 e. The molecule has 1 aliphatic heterocycles. The first-order valence-corrected chi connectivity index (χ1v) is 12.5. The van der Waals surface area contributed by atoms with Gasteiger partial charge in [0.2, 0.25) is 0 Å². The molecule has 4 nitrogen and oxygen atoms in total. The molecule has 0 saturated heterocycles. The monoisotopic (exact) mass is 461 g/mol. The number of benzene rings is 3. The van der Waals surface area contributed by atoms with Crippen molar-refractivity contribution in [1.82, 2.24) is 0 Å². The van der Waals surface area contributed by atoms with Crippen LogP contribution in [-0.2, 0) is 16.0 Å². The molecule has 33 heavy (non-hydrogen) atoms. The summed E-state index contributed by atoms with van der Waals surface area (Å²) < 4.78 is 5.80. The number of rotatable bonds is 10. The Bertz CT molecular complexity index is 1020. The van der Waals surface area contributed by atoms with Crippen LogP contribution in [0.4, 0.5) is 5.69 Å². The second kappa shape index (κ2) is 10.8. The van der Waals surface area contributed by atoms with E-state index in [0.717, 1.165) is 36.7 Å². The average Bonchev–Trinajstić information content (AvgIpc) is 2.85. The summed E-state index contributed by atoms with van der Waals surface area (Å²) in [7, 11) is 0. The first kappa shape index (κ1) is 23.2. The summed E-state index contributed by atoms with van der Waals surface area (Å²) in [4.78, 5) is 13.4. The Kier molecular flexibility index (Phi) is 7.61. The predicted octanol–water partition coefficient (Wildman–Crippen LogP) is 5.99. The molecular weight excluding hydrogens is 430 g/mol. The highest BCUT2D eigenvalue weighted by Crippen LogP contribution is 2.43. The Labute approximate surface area is 200 Å². The molecule has 0 amide bonds. The van der Waals surface area contributed by atoms with Crippen LogP contribution in [0.3, 0.4) is 0 Å². The zero-order chi connectivity index (χ0) is 23.1. The molecule has 0 aromatic heterocycles. The topological polar surface area (TPSA) is 49.8 Å². The number of carboxylic acid groups (broad SMARTS) is 1. The molecule has 0 unspecified atom stereocenters. The van der Waals surface area contributed by atoms with Crippen LogP contribution in [0.2, 0.25) is 0 Å². The van der Waals surface area contributed by atoms with Gasteiger partial charge in [0, 0.05) is 18.7 Å². The number of thioether (sulfide) groups is 1. The standard InChI is InChI=1S/C28H31NO3S/c1-28(23-12-4-2-5-13-23,24-14-6-3-7-15-24)33-21-19-29-18-20-32-25-16-8-10-22(27(25)29)11-9-17-26(30)31/h2-8,10,12-16H,9,11,17-21H2,1H3,(H,30,31). The SMILES string of the molecule is CC(SCCN1CCOc2cccc(CCCC(=O)O)c21)(c1ccccc1)c1ccccc1. The Morgan fingerprint density at radius 3 is 2.30 bits per heavy atom. The van der Waals surface area contributed by atoms with Crippen LogP contribution in [0.1, 0.15) is 36.5 Å². The van der Waals surface area contributed by atoms with Crippen LogP contribution >= 0.6 is 11.8 Å². The lowest BCUT2D eigenvalue weighted by atomic mass is 9.92. The maximum absolute atomic E-state index is 11.0. The molecule has 3 aromatic rings. The van der Waals surface area contributed by atoms with Gasteiger partial charge in [-0.15, -0.1) is 11.8 Å². The van der Waals surface area contributed by atoms with Crippen LogP contribution in [0.25, 0.3) is 0 Å². The molecule has 5 heteroatoms.